The number of hydrogen-bond donors (Lipinski definition) is 1. The molecule has 1 atom stereocenters. The Kier molecular flexibility index (Phi) is 3.97. The molecule has 0 fully saturated rings. The molecule has 1 N–H and O–H groups in total. The van der Waals surface area contributed by atoms with Gasteiger partial charge < -0.3 is 5.32 Å². The Bertz CT molecular complexity index is 483. The summed E-state index contributed by atoms with van der Waals surface area (Å²) >= 11 is 0.544. The van der Waals surface area contributed by atoms with Crippen molar-refractivity contribution < 1.29 is 21.6 Å². The predicted molar refractivity (Wildman–Crippen MR) is 57.7 cm³/mol. The van der Waals surface area contributed by atoms with E-state index >= 15 is 0 Å². The fraction of sp³-hybridized carbons (Fsp3) is 0.714. The molecule has 1 rings (SSSR count). The Labute approximate surface area is 100 Å². The molecule has 0 radical (unpaired) electrons. The minimum atomic E-state index is -4.59. The fourth-order valence-electron chi connectivity index (χ4n) is 1.10. The Balaban J connectivity index is 2.67. The first kappa shape index (κ1) is 14.2. The second-order valence-electron chi connectivity index (χ2n) is 3.56. The van der Waals surface area contributed by atoms with Gasteiger partial charge in [0.1, 0.15) is 9.84 Å². The number of halogens is 3. The van der Waals surface area contributed by atoms with Crippen LogP contribution < -0.4 is 5.32 Å². The Morgan fingerprint density at radius 1 is 1.47 bits per heavy atom. The Hall–Kier alpha value is -0.900. The van der Waals surface area contributed by atoms with Crippen LogP contribution in [-0.4, -0.2) is 35.8 Å². The minimum Gasteiger partial charge on any atom is -0.357 e. The lowest BCUT2D eigenvalue weighted by atomic mass is 10.4. The second kappa shape index (κ2) is 4.77. The number of rotatable bonds is 4. The zero-order chi connectivity index (χ0) is 13.3. The molecule has 5 nitrogen and oxygen atoms in total. The smallest absolute Gasteiger partial charge is 0.357 e. The highest BCUT2D eigenvalue weighted by atomic mass is 32.2. The van der Waals surface area contributed by atoms with Crippen molar-refractivity contribution >= 4 is 26.5 Å². The summed E-state index contributed by atoms with van der Waals surface area (Å²) in [6.45, 7) is 1.54. The summed E-state index contributed by atoms with van der Waals surface area (Å²) in [5, 5.41) is 2.51. The van der Waals surface area contributed by atoms with Gasteiger partial charge in [0.25, 0.3) is 0 Å². The molecule has 0 saturated heterocycles. The monoisotopic (exact) mass is 289 g/mol. The molecule has 17 heavy (non-hydrogen) atoms. The van der Waals surface area contributed by atoms with Crippen LogP contribution in [0, 0.1) is 0 Å². The summed E-state index contributed by atoms with van der Waals surface area (Å²) < 4.78 is 61.5. The van der Waals surface area contributed by atoms with Crippen LogP contribution in [-0.2, 0) is 16.0 Å². The van der Waals surface area contributed by atoms with Crippen molar-refractivity contribution in [2.45, 2.75) is 19.1 Å². The molecule has 0 amide bonds. The van der Waals surface area contributed by atoms with Crippen LogP contribution in [0.15, 0.2) is 0 Å². The third-order valence-electron chi connectivity index (χ3n) is 1.60. The van der Waals surface area contributed by atoms with Crippen LogP contribution in [0.4, 0.5) is 18.3 Å². The maximum atomic E-state index is 12.2. The summed E-state index contributed by atoms with van der Waals surface area (Å²) in [5.74, 6) is -1.41. The first-order chi connectivity index (χ1) is 7.58. The lowest BCUT2D eigenvalue weighted by Crippen LogP contribution is -2.25. The van der Waals surface area contributed by atoms with Gasteiger partial charge in [-0.15, -0.1) is 0 Å². The highest BCUT2D eigenvalue weighted by Crippen LogP contribution is 2.29. The molecule has 0 spiro atoms. The van der Waals surface area contributed by atoms with Crippen molar-refractivity contribution in [3.05, 3.63) is 5.82 Å². The van der Waals surface area contributed by atoms with Gasteiger partial charge in [-0.05, 0) is 6.92 Å². The van der Waals surface area contributed by atoms with E-state index in [2.05, 4.69) is 14.7 Å². The van der Waals surface area contributed by atoms with E-state index < -0.39 is 27.9 Å². The van der Waals surface area contributed by atoms with Crippen LogP contribution in [0.25, 0.3) is 0 Å². The van der Waals surface area contributed by atoms with E-state index in [9.17, 15) is 21.6 Å². The third kappa shape index (κ3) is 4.86. The summed E-state index contributed by atoms with van der Waals surface area (Å²) in [6.07, 6.45) is -3.54. The van der Waals surface area contributed by atoms with Gasteiger partial charge >= 0.3 is 6.18 Å². The number of sulfone groups is 1. The third-order valence-corrected chi connectivity index (χ3v) is 3.35. The molecule has 10 heteroatoms. The highest BCUT2D eigenvalue weighted by Gasteiger charge is 2.36. The van der Waals surface area contributed by atoms with E-state index in [1.807, 2.05) is 0 Å². The van der Waals surface area contributed by atoms with Gasteiger partial charge in [0.05, 0.1) is 5.75 Å². The van der Waals surface area contributed by atoms with E-state index in [0.29, 0.717) is 11.5 Å². The molecule has 0 aromatic carbocycles. The zero-order valence-electron chi connectivity index (χ0n) is 8.95. The molecule has 1 unspecified atom stereocenters. The average Bonchev–Trinajstić information content (AvgIpc) is 2.47. The van der Waals surface area contributed by atoms with Gasteiger partial charge in [-0.25, -0.2) is 8.42 Å². The van der Waals surface area contributed by atoms with E-state index in [1.165, 1.54) is 6.92 Å². The van der Waals surface area contributed by atoms with Gasteiger partial charge in [-0.2, -0.15) is 22.5 Å². The maximum Gasteiger partial charge on any atom is 0.452 e. The number of aromatic nitrogens is 2. The summed E-state index contributed by atoms with van der Waals surface area (Å²) in [4.78, 5) is 3.23. The van der Waals surface area contributed by atoms with E-state index in [-0.39, 0.29) is 10.9 Å². The first-order valence-corrected chi connectivity index (χ1v) is 7.26. The molecule has 1 aromatic rings. The van der Waals surface area contributed by atoms with Crippen LogP contribution in [0.2, 0.25) is 0 Å². The number of nitrogens with zero attached hydrogens (tertiary/aromatic N) is 2. The second-order valence-corrected chi connectivity index (χ2v) is 6.50. The lowest BCUT2D eigenvalue weighted by molar-refractivity contribution is -0.144. The van der Waals surface area contributed by atoms with Crippen LogP contribution in [0.1, 0.15) is 12.7 Å². The molecular formula is C7H10F3N3O2S2. The zero-order valence-corrected chi connectivity index (χ0v) is 10.6. The Morgan fingerprint density at radius 2 is 2.06 bits per heavy atom. The largest absolute Gasteiger partial charge is 0.452 e. The van der Waals surface area contributed by atoms with Crippen LogP contribution in [0.3, 0.4) is 0 Å². The summed E-state index contributed by atoms with van der Waals surface area (Å²) in [6, 6.07) is -0.529. The molecule has 0 aliphatic heterocycles. The quantitative estimate of drug-likeness (QED) is 0.907. The summed E-state index contributed by atoms with van der Waals surface area (Å²) in [5.41, 5.74) is 0. The van der Waals surface area contributed by atoms with Crippen molar-refractivity contribution in [2.75, 3.05) is 17.3 Å². The molecular weight excluding hydrogens is 279 g/mol. The number of anilines is 1. The van der Waals surface area contributed by atoms with Crippen molar-refractivity contribution in [3.63, 3.8) is 0 Å². The van der Waals surface area contributed by atoms with E-state index in [0.717, 1.165) is 6.26 Å². The van der Waals surface area contributed by atoms with Gasteiger partial charge in [0.15, 0.2) is 0 Å². The molecule has 1 aromatic heterocycles. The number of alkyl halides is 3. The predicted octanol–water partition coefficient (Wildman–Crippen LogP) is 1.40. The van der Waals surface area contributed by atoms with Crippen molar-refractivity contribution in [1.29, 1.82) is 0 Å². The van der Waals surface area contributed by atoms with Gasteiger partial charge in [0.2, 0.25) is 11.0 Å². The van der Waals surface area contributed by atoms with Gasteiger partial charge in [-0.1, -0.05) is 0 Å². The molecule has 0 aliphatic carbocycles. The van der Waals surface area contributed by atoms with E-state index in [4.69, 9.17) is 0 Å². The average molecular weight is 289 g/mol. The molecule has 0 saturated carbocycles. The van der Waals surface area contributed by atoms with Crippen molar-refractivity contribution in [1.82, 2.24) is 9.36 Å². The molecule has 0 bridgehead atoms. The Morgan fingerprint density at radius 3 is 2.47 bits per heavy atom. The van der Waals surface area contributed by atoms with Gasteiger partial charge in [0, 0.05) is 23.8 Å². The topological polar surface area (TPSA) is 72.0 Å². The number of nitrogens with one attached hydrogen (secondary N) is 1. The van der Waals surface area contributed by atoms with Crippen molar-refractivity contribution in [3.8, 4) is 0 Å². The lowest BCUT2D eigenvalue weighted by Gasteiger charge is -2.10. The van der Waals surface area contributed by atoms with Crippen LogP contribution in [0.5, 0.6) is 0 Å². The normalized spacial score (nSPS) is 14.6. The SMILES string of the molecule is CC(CS(C)(=O)=O)Nc1nc(C(F)(F)F)ns1. The maximum absolute atomic E-state index is 12.2. The van der Waals surface area contributed by atoms with E-state index in [1.54, 1.807) is 0 Å². The standard InChI is InChI=1S/C7H10F3N3O2S2/c1-4(3-17(2,14)15)11-6-12-5(13-16-6)7(8,9)10/h4H,3H2,1-2H3,(H,11,12,13). The highest BCUT2D eigenvalue weighted by molar-refractivity contribution is 7.90. The molecule has 0 aliphatic rings. The molecule has 1 heterocycles. The van der Waals surface area contributed by atoms with Crippen molar-refractivity contribution in [2.24, 2.45) is 0 Å². The van der Waals surface area contributed by atoms with Crippen LogP contribution >= 0.6 is 11.5 Å². The first-order valence-electron chi connectivity index (χ1n) is 4.43. The summed E-state index contributed by atoms with van der Waals surface area (Å²) in [7, 11) is -3.19. The van der Waals surface area contributed by atoms with Gasteiger partial charge in [-0.3, -0.25) is 0 Å². The minimum absolute atomic E-state index is 0.0477. The fourth-order valence-corrected chi connectivity index (χ4v) is 2.79. The molecule has 98 valence electrons. The number of hydrogen-bond acceptors (Lipinski definition) is 6.